The van der Waals surface area contributed by atoms with Crippen LogP contribution in [0, 0.1) is 20.3 Å². The third kappa shape index (κ3) is 12.0. The van der Waals surface area contributed by atoms with E-state index in [0.29, 0.717) is 35.1 Å². The average molecular weight is 1010 g/mol. The van der Waals surface area contributed by atoms with E-state index in [2.05, 4.69) is 109 Å². The van der Waals surface area contributed by atoms with Crippen LogP contribution in [0.5, 0.6) is 23.0 Å². The van der Waals surface area contributed by atoms with Gasteiger partial charge in [-0.2, -0.15) is 0 Å². The fourth-order valence-electron chi connectivity index (χ4n) is 6.66. The van der Waals surface area contributed by atoms with E-state index in [-0.39, 0.29) is 77.9 Å². The van der Waals surface area contributed by atoms with Gasteiger partial charge in [-0.3, -0.25) is 0 Å². The van der Waals surface area contributed by atoms with Gasteiger partial charge in [0, 0.05) is 25.7 Å². The molecule has 0 unspecified atom stereocenters. The Labute approximate surface area is 352 Å². The number of hydrogen-bond donors (Lipinski definition) is 3. The van der Waals surface area contributed by atoms with Crippen molar-refractivity contribution < 1.29 is 65.7 Å². The third-order valence-electron chi connectivity index (χ3n) is 10.0. The van der Waals surface area contributed by atoms with Gasteiger partial charge in [0.15, 0.2) is 0 Å². The largest absolute Gasteiger partial charge is 2.00 e. The van der Waals surface area contributed by atoms with Crippen LogP contribution in [0.2, 0.25) is 0 Å². The predicted molar refractivity (Wildman–Crippen MR) is 213 cm³/mol. The van der Waals surface area contributed by atoms with Gasteiger partial charge >= 0.3 is 45.3 Å². The first-order valence-corrected chi connectivity index (χ1v) is 20.7. The second kappa shape index (κ2) is 18.5. The molecule has 4 aromatic rings. The first kappa shape index (κ1) is 48.2. The SMILES string of the molecule is CC(C)(C)c1cc2c([O-])c(c1)Cc1cc(C(C)(C)C)cc(c1O)Cc1cc(C(C)(C)C)cc(c1O)Cc1cc(C(C)(C)C)cc(c1O)C2.[CH2][CH][CH2].[O]=[Re]=[O].[Pd+2]. The molecule has 1 aliphatic rings. The Morgan fingerprint density at radius 3 is 0.782 bits per heavy atom. The van der Waals surface area contributed by atoms with Crippen LogP contribution in [0.15, 0.2) is 48.5 Å². The molecule has 0 atom stereocenters. The Bertz CT molecular complexity index is 1640. The van der Waals surface area contributed by atoms with Crippen LogP contribution in [0.4, 0.5) is 0 Å². The summed E-state index contributed by atoms with van der Waals surface area (Å²) in [5.74, 6) is 0.451. The molecule has 0 saturated carbocycles. The van der Waals surface area contributed by atoms with Crippen molar-refractivity contribution in [3.8, 4) is 23.0 Å². The number of hydrogen-bond acceptors (Lipinski definition) is 6. The molecule has 55 heavy (non-hydrogen) atoms. The summed E-state index contributed by atoms with van der Waals surface area (Å²) in [4.78, 5) is 0. The van der Waals surface area contributed by atoms with Crippen LogP contribution in [0.25, 0.3) is 0 Å². The maximum Gasteiger partial charge on any atom is 2.00 e. The molecule has 0 spiro atoms. The minimum absolute atomic E-state index is 0. The molecule has 0 aromatic heterocycles. The standard InChI is InChI=1S/C44H56O4.C3H5.2O.Pd.Re/c1-41(2,3)33-17-25-13-27-19-34(42(4,5)6)21-29(38(27)46)15-31-23-36(44(10,11)12)24-32(40(31)48)16-30-22-35(43(7,8)9)20-28(39(30)47)14-26(18-33)37(25)45;1-3-2;;;;/h17-24,45-48H,13-16H2,1-12H3;3H,1-2H2;;;;/q;;;;+2;/p-1. The molecule has 3 radical (unpaired) electrons. The molecule has 0 fully saturated rings. The van der Waals surface area contributed by atoms with Crippen LogP contribution in [-0.2, 0) is 92.6 Å². The van der Waals surface area contributed by atoms with Crippen molar-refractivity contribution in [2.24, 2.45) is 0 Å². The molecular formula is C47H60O6PdRe+. The minimum atomic E-state index is -2.17. The molecule has 6 nitrogen and oxygen atoms in total. The van der Waals surface area contributed by atoms with Gasteiger partial charge in [-0.25, -0.2) is 0 Å². The van der Waals surface area contributed by atoms with Gasteiger partial charge in [0.25, 0.3) is 0 Å². The third-order valence-corrected chi connectivity index (χ3v) is 10.0. The van der Waals surface area contributed by atoms with Crippen LogP contribution in [0.3, 0.4) is 0 Å². The van der Waals surface area contributed by atoms with E-state index < -0.39 is 17.9 Å². The molecule has 0 amide bonds. The summed E-state index contributed by atoms with van der Waals surface area (Å²) >= 11 is -2.17. The van der Waals surface area contributed by atoms with Crippen molar-refractivity contribution in [1.82, 2.24) is 0 Å². The average Bonchev–Trinajstić information content (AvgIpc) is 3.02. The molecule has 1 aliphatic carbocycles. The molecular weight excluding hydrogens is 953 g/mol. The summed E-state index contributed by atoms with van der Waals surface area (Å²) in [5.41, 5.74) is 8.96. The second-order valence-corrected chi connectivity index (χ2v) is 19.1. The van der Waals surface area contributed by atoms with Crippen molar-refractivity contribution >= 4 is 0 Å². The van der Waals surface area contributed by atoms with Crippen LogP contribution in [-0.4, -0.2) is 15.3 Å². The molecule has 8 bridgehead atoms. The zero-order valence-corrected chi connectivity index (χ0v) is 39.0. The second-order valence-electron chi connectivity index (χ2n) is 18.6. The van der Waals surface area contributed by atoms with E-state index >= 15 is 0 Å². The van der Waals surface area contributed by atoms with Gasteiger partial charge in [-0.15, -0.1) is 5.75 Å². The van der Waals surface area contributed by atoms with E-state index in [9.17, 15) is 20.4 Å². The van der Waals surface area contributed by atoms with Crippen molar-refractivity contribution in [3.05, 3.63) is 136 Å². The molecule has 300 valence electrons. The smallest absolute Gasteiger partial charge is 2.00 e. The van der Waals surface area contributed by atoms with Gasteiger partial charge in [-0.05, 0) is 97.6 Å². The minimum Gasteiger partial charge on any atom is 2.00 e. The Hall–Kier alpha value is -3.00. The molecule has 0 aliphatic heterocycles. The monoisotopic (exact) mass is 1010 g/mol. The summed E-state index contributed by atoms with van der Waals surface area (Å²) in [6, 6.07) is 16.3. The summed E-state index contributed by atoms with van der Waals surface area (Å²) in [6.45, 7) is 32.3. The van der Waals surface area contributed by atoms with Crippen molar-refractivity contribution in [1.29, 1.82) is 0 Å². The zero-order chi connectivity index (χ0) is 41.1. The van der Waals surface area contributed by atoms with Crippen LogP contribution < -0.4 is 5.11 Å². The quantitative estimate of drug-likeness (QED) is 0.133. The Morgan fingerprint density at radius 1 is 0.473 bits per heavy atom. The molecule has 0 heterocycles. The summed E-state index contributed by atoms with van der Waals surface area (Å²) in [5, 5.41) is 50.0. The Balaban J connectivity index is 0.00000140. The van der Waals surface area contributed by atoms with Crippen LogP contribution >= 0.6 is 0 Å². The summed E-state index contributed by atoms with van der Waals surface area (Å²) in [6.07, 6.45) is 2.69. The van der Waals surface area contributed by atoms with Gasteiger partial charge in [0.05, 0.1) is 0 Å². The number of phenolic OH excluding ortho intramolecular Hbond substituents is 3. The van der Waals surface area contributed by atoms with Crippen molar-refractivity contribution in [2.75, 3.05) is 0 Å². The van der Waals surface area contributed by atoms with E-state index in [0.717, 1.165) is 44.5 Å². The van der Waals surface area contributed by atoms with Crippen molar-refractivity contribution in [2.45, 2.75) is 130 Å². The fourth-order valence-corrected chi connectivity index (χ4v) is 6.66. The maximum absolute atomic E-state index is 14.3. The summed E-state index contributed by atoms with van der Waals surface area (Å²) in [7, 11) is 0. The summed E-state index contributed by atoms with van der Waals surface area (Å²) < 4.78 is 17.1. The van der Waals surface area contributed by atoms with E-state index in [4.69, 9.17) is 6.94 Å². The predicted octanol–water partition coefficient (Wildman–Crippen LogP) is 10.4. The Morgan fingerprint density at radius 2 is 0.618 bits per heavy atom. The first-order valence-electron chi connectivity index (χ1n) is 18.4. The van der Waals surface area contributed by atoms with E-state index in [1.807, 2.05) is 36.4 Å². The number of benzene rings is 4. The first-order chi connectivity index (χ1) is 24.8. The zero-order valence-electron chi connectivity index (χ0n) is 34.7. The number of rotatable bonds is 0. The normalized spacial score (nSPS) is 13.0. The number of phenols is 3. The van der Waals surface area contributed by atoms with Crippen LogP contribution in [0.1, 0.15) is 150 Å². The van der Waals surface area contributed by atoms with Gasteiger partial charge < -0.3 is 20.4 Å². The molecule has 0 saturated heterocycles. The molecule has 3 N–H and O–H groups in total. The van der Waals surface area contributed by atoms with Gasteiger partial charge in [0.1, 0.15) is 17.2 Å². The van der Waals surface area contributed by atoms with Gasteiger partial charge in [-0.1, -0.05) is 143 Å². The fraction of sp³-hybridized carbons (Fsp3) is 0.426. The molecule has 8 heteroatoms. The van der Waals surface area contributed by atoms with Gasteiger partial charge in [0.2, 0.25) is 0 Å². The number of aromatic hydroxyl groups is 3. The molecule has 4 aromatic carbocycles. The van der Waals surface area contributed by atoms with E-state index in [1.54, 1.807) is 0 Å². The Kier molecular flexibility index (Phi) is 16.2. The topological polar surface area (TPSA) is 118 Å². The number of fused-ring (bicyclic) bond motifs is 8. The van der Waals surface area contributed by atoms with E-state index in [1.165, 1.54) is 6.42 Å². The molecule has 5 rings (SSSR count). The van der Waals surface area contributed by atoms with Crippen molar-refractivity contribution in [3.63, 3.8) is 0 Å². The maximum atomic E-state index is 14.3.